The number of hydrogen-bond acceptors (Lipinski definition) is 4. The Hall–Kier alpha value is -0.170. The van der Waals surface area contributed by atoms with Gasteiger partial charge in [0.1, 0.15) is 0 Å². The minimum Gasteiger partial charge on any atom is -0.381 e. The molecule has 1 rings (SSSR count). The normalized spacial score (nSPS) is 20.9. The van der Waals surface area contributed by atoms with E-state index in [0.29, 0.717) is 19.0 Å². The van der Waals surface area contributed by atoms with Crippen LogP contribution < -0.4 is 10.0 Å². The van der Waals surface area contributed by atoms with Crippen molar-refractivity contribution in [1.29, 1.82) is 0 Å². The highest BCUT2D eigenvalue weighted by Crippen LogP contribution is 2.13. The van der Waals surface area contributed by atoms with Crippen LogP contribution in [0.15, 0.2) is 0 Å². The van der Waals surface area contributed by atoms with Gasteiger partial charge in [0.05, 0.1) is 5.25 Å². The maximum Gasteiger partial charge on any atom is 0.215 e. The highest BCUT2D eigenvalue weighted by Gasteiger charge is 2.22. The molecule has 0 aliphatic carbocycles. The molecule has 1 aliphatic heterocycles. The topological polar surface area (TPSA) is 67.4 Å². The molecule has 1 unspecified atom stereocenters. The van der Waals surface area contributed by atoms with Gasteiger partial charge in [0.15, 0.2) is 0 Å². The van der Waals surface area contributed by atoms with Crippen molar-refractivity contribution >= 4 is 10.0 Å². The predicted molar refractivity (Wildman–Crippen MR) is 63.9 cm³/mol. The van der Waals surface area contributed by atoms with Gasteiger partial charge in [-0.3, -0.25) is 0 Å². The van der Waals surface area contributed by atoms with Crippen LogP contribution in [0.5, 0.6) is 0 Å². The lowest BCUT2D eigenvalue weighted by Crippen LogP contribution is -2.40. The zero-order valence-corrected chi connectivity index (χ0v) is 10.8. The van der Waals surface area contributed by atoms with Gasteiger partial charge in [0.2, 0.25) is 10.0 Å². The largest absolute Gasteiger partial charge is 0.381 e. The predicted octanol–water partition coefficient (Wildman–Crippen LogP) is -0.0597. The van der Waals surface area contributed by atoms with Gasteiger partial charge in [-0.1, -0.05) is 0 Å². The fraction of sp³-hybridized carbons (Fsp3) is 1.00. The molecule has 0 spiro atoms. The third kappa shape index (κ3) is 4.37. The first-order chi connectivity index (χ1) is 7.56. The molecule has 1 fully saturated rings. The van der Waals surface area contributed by atoms with E-state index >= 15 is 0 Å². The molecule has 5 nitrogen and oxygen atoms in total. The van der Waals surface area contributed by atoms with Gasteiger partial charge in [0, 0.05) is 26.3 Å². The van der Waals surface area contributed by atoms with E-state index in [1.807, 2.05) is 0 Å². The van der Waals surface area contributed by atoms with Crippen LogP contribution in [-0.2, 0) is 14.8 Å². The summed E-state index contributed by atoms with van der Waals surface area (Å²) in [5, 5.41) is 2.48. The molecule has 0 aromatic rings. The maximum absolute atomic E-state index is 11.8. The summed E-state index contributed by atoms with van der Waals surface area (Å²) in [4.78, 5) is 0. The van der Waals surface area contributed by atoms with Gasteiger partial charge in [-0.05, 0) is 32.7 Å². The Morgan fingerprint density at radius 1 is 1.38 bits per heavy atom. The molecule has 0 saturated carbocycles. The van der Waals surface area contributed by atoms with Crippen molar-refractivity contribution in [1.82, 2.24) is 10.0 Å². The number of ether oxygens (including phenoxy) is 1. The van der Waals surface area contributed by atoms with E-state index in [2.05, 4.69) is 10.0 Å². The van der Waals surface area contributed by atoms with Gasteiger partial charge in [0.25, 0.3) is 0 Å². The van der Waals surface area contributed by atoms with Crippen molar-refractivity contribution in [3.63, 3.8) is 0 Å². The van der Waals surface area contributed by atoms with Gasteiger partial charge in [-0.2, -0.15) is 0 Å². The molecule has 1 saturated heterocycles. The van der Waals surface area contributed by atoms with Crippen molar-refractivity contribution in [2.45, 2.75) is 25.0 Å². The van der Waals surface area contributed by atoms with Gasteiger partial charge < -0.3 is 10.1 Å². The molecule has 0 amide bonds. The lowest BCUT2D eigenvalue weighted by Gasteiger charge is -2.23. The van der Waals surface area contributed by atoms with Crippen LogP contribution in [0.3, 0.4) is 0 Å². The van der Waals surface area contributed by atoms with E-state index in [4.69, 9.17) is 4.74 Å². The van der Waals surface area contributed by atoms with Crippen LogP contribution in [-0.4, -0.2) is 47.0 Å². The molecular weight excluding hydrogens is 228 g/mol. The van der Waals surface area contributed by atoms with E-state index < -0.39 is 15.3 Å². The fourth-order valence-electron chi connectivity index (χ4n) is 1.72. The first-order valence-corrected chi connectivity index (χ1v) is 7.31. The lowest BCUT2D eigenvalue weighted by atomic mass is 10.0. The number of nitrogens with one attached hydrogen (secondary N) is 2. The minimum atomic E-state index is -3.18. The summed E-state index contributed by atoms with van der Waals surface area (Å²) in [5.41, 5.74) is 0. The second kappa shape index (κ2) is 6.54. The second-order valence-electron chi connectivity index (χ2n) is 4.32. The monoisotopic (exact) mass is 250 g/mol. The molecule has 96 valence electrons. The highest BCUT2D eigenvalue weighted by molar-refractivity contribution is 7.90. The van der Waals surface area contributed by atoms with E-state index in [0.717, 1.165) is 26.1 Å². The van der Waals surface area contributed by atoms with Gasteiger partial charge in [-0.15, -0.1) is 0 Å². The molecule has 6 heteroatoms. The Morgan fingerprint density at radius 2 is 2.00 bits per heavy atom. The summed E-state index contributed by atoms with van der Waals surface area (Å²) >= 11 is 0. The number of hydrogen-bond donors (Lipinski definition) is 2. The van der Waals surface area contributed by atoms with Crippen molar-refractivity contribution in [2.75, 3.05) is 33.4 Å². The summed E-state index contributed by atoms with van der Waals surface area (Å²) in [5.74, 6) is 0.422. The van der Waals surface area contributed by atoms with E-state index in [-0.39, 0.29) is 0 Å². The van der Waals surface area contributed by atoms with E-state index in [1.54, 1.807) is 14.0 Å². The maximum atomic E-state index is 11.8. The SMILES string of the molecule is CNCC(C)S(=O)(=O)NCC1CCOCC1. The zero-order chi connectivity index (χ0) is 12.0. The highest BCUT2D eigenvalue weighted by atomic mass is 32.2. The van der Waals surface area contributed by atoms with E-state index in [1.165, 1.54) is 0 Å². The van der Waals surface area contributed by atoms with Gasteiger partial charge in [-0.25, -0.2) is 13.1 Å². The Bertz CT molecular complexity index is 286. The molecule has 0 aromatic carbocycles. The molecule has 1 atom stereocenters. The summed E-state index contributed by atoms with van der Waals surface area (Å²) in [7, 11) is -1.42. The third-order valence-electron chi connectivity index (χ3n) is 2.94. The summed E-state index contributed by atoms with van der Waals surface area (Å²) in [6.45, 7) is 4.22. The summed E-state index contributed by atoms with van der Waals surface area (Å²) < 4.78 is 31.5. The van der Waals surface area contributed by atoms with Crippen LogP contribution in [0.1, 0.15) is 19.8 Å². The van der Waals surface area contributed by atoms with E-state index in [9.17, 15) is 8.42 Å². The average molecular weight is 250 g/mol. The second-order valence-corrected chi connectivity index (χ2v) is 6.50. The Balaban J connectivity index is 2.34. The molecule has 0 bridgehead atoms. The van der Waals surface area contributed by atoms with Crippen LogP contribution in [0, 0.1) is 5.92 Å². The molecule has 2 N–H and O–H groups in total. The third-order valence-corrected chi connectivity index (χ3v) is 4.73. The summed E-state index contributed by atoms with van der Waals surface area (Å²) in [6.07, 6.45) is 1.89. The molecule has 0 radical (unpaired) electrons. The van der Waals surface area contributed by atoms with Crippen LogP contribution in [0.2, 0.25) is 0 Å². The van der Waals surface area contributed by atoms with Crippen LogP contribution in [0.4, 0.5) is 0 Å². The minimum absolute atomic E-state index is 0.391. The molecule has 1 heterocycles. The molecule has 16 heavy (non-hydrogen) atoms. The number of rotatable bonds is 6. The zero-order valence-electron chi connectivity index (χ0n) is 10.0. The van der Waals surface area contributed by atoms with Gasteiger partial charge >= 0.3 is 0 Å². The number of sulfonamides is 1. The van der Waals surface area contributed by atoms with Crippen molar-refractivity contribution in [3.05, 3.63) is 0 Å². The summed E-state index contributed by atoms with van der Waals surface area (Å²) in [6, 6.07) is 0. The lowest BCUT2D eigenvalue weighted by molar-refractivity contribution is 0.0678. The molecular formula is C10H22N2O3S. The van der Waals surface area contributed by atoms with Crippen LogP contribution >= 0.6 is 0 Å². The Labute approximate surface area is 98.0 Å². The Morgan fingerprint density at radius 3 is 2.56 bits per heavy atom. The van der Waals surface area contributed by atoms with Crippen molar-refractivity contribution < 1.29 is 13.2 Å². The van der Waals surface area contributed by atoms with Crippen LogP contribution in [0.25, 0.3) is 0 Å². The van der Waals surface area contributed by atoms with Crippen molar-refractivity contribution in [2.24, 2.45) is 5.92 Å². The fourth-order valence-corrected chi connectivity index (χ4v) is 2.86. The average Bonchev–Trinajstić information content (AvgIpc) is 2.28. The Kier molecular flexibility index (Phi) is 5.68. The van der Waals surface area contributed by atoms with Crippen molar-refractivity contribution in [3.8, 4) is 0 Å². The molecule has 0 aromatic heterocycles. The standard InChI is InChI=1S/C10H22N2O3S/c1-9(7-11-2)16(13,14)12-8-10-3-5-15-6-4-10/h9-12H,3-8H2,1-2H3. The first kappa shape index (κ1) is 13.9. The first-order valence-electron chi connectivity index (χ1n) is 5.77. The molecule has 1 aliphatic rings. The smallest absolute Gasteiger partial charge is 0.215 e. The quantitative estimate of drug-likeness (QED) is 0.693.